The Labute approximate surface area is 122 Å². The maximum absolute atomic E-state index is 5.71. The largest absolute Gasteiger partial charge is 0.496 e. The molecule has 1 heterocycles. The van der Waals surface area contributed by atoms with Crippen molar-refractivity contribution >= 4 is 0 Å². The molecule has 1 N–H and O–H groups in total. The molecule has 1 aliphatic heterocycles. The van der Waals surface area contributed by atoms with Crippen LogP contribution >= 0.6 is 0 Å². The molecule has 0 saturated carbocycles. The third-order valence-corrected chi connectivity index (χ3v) is 4.27. The topological polar surface area (TPSA) is 33.7 Å². The predicted molar refractivity (Wildman–Crippen MR) is 81.6 cm³/mol. The fourth-order valence-corrected chi connectivity index (χ4v) is 3.16. The van der Waals surface area contributed by atoms with Gasteiger partial charge in [-0.3, -0.25) is 4.90 Å². The Bertz CT molecular complexity index is 474. The van der Waals surface area contributed by atoms with E-state index in [1.54, 1.807) is 14.2 Å². The highest BCUT2D eigenvalue weighted by molar-refractivity contribution is 5.55. The molecule has 0 saturated heterocycles. The lowest BCUT2D eigenvalue weighted by Crippen LogP contribution is -2.37. The second-order valence-electron chi connectivity index (χ2n) is 5.44. The molecule has 1 aromatic rings. The van der Waals surface area contributed by atoms with Crippen LogP contribution in [0.4, 0.5) is 0 Å². The Morgan fingerprint density at radius 3 is 2.60 bits per heavy atom. The summed E-state index contributed by atoms with van der Waals surface area (Å²) in [6.45, 7) is 3.96. The van der Waals surface area contributed by atoms with Crippen molar-refractivity contribution in [2.45, 2.75) is 38.9 Å². The summed E-state index contributed by atoms with van der Waals surface area (Å²) < 4.78 is 11.3. The van der Waals surface area contributed by atoms with Gasteiger partial charge in [0.25, 0.3) is 0 Å². The van der Waals surface area contributed by atoms with Crippen LogP contribution in [0.3, 0.4) is 0 Å². The van der Waals surface area contributed by atoms with Crippen LogP contribution in [0.5, 0.6) is 11.5 Å². The van der Waals surface area contributed by atoms with Gasteiger partial charge in [0.1, 0.15) is 11.5 Å². The van der Waals surface area contributed by atoms with Gasteiger partial charge in [0, 0.05) is 35.8 Å². The van der Waals surface area contributed by atoms with E-state index in [-0.39, 0.29) is 0 Å². The second-order valence-corrected chi connectivity index (χ2v) is 5.44. The number of nitrogens with one attached hydrogen (secondary N) is 1. The van der Waals surface area contributed by atoms with Gasteiger partial charge in [0.2, 0.25) is 0 Å². The number of fused-ring (bicyclic) bond motifs is 1. The van der Waals surface area contributed by atoms with E-state index in [4.69, 9.17) is 9.47 Å². The SMILES string of the molecule is CCC1Cc2c(c(OC)cc(CNC)c2OC)CN1C. The summed E-state index contributed by atoms with van der Waals surface area (Å²) in [4.78, 5) is 2.40. The van der Waals surface area contributed by atoms with Gasteiger partial charge in [-0.05, 0) is 33.0 Å². The van der Waals surface area contributed by atoms with E-state index in [1.807, 2.05) is 7.05 Å². The van der Waals surface area contributed by atoms with Gasteiger partial charge >= 0.3 is 0 Å². The normalized spacial score (nSPS) is 18.8. The van der Waals surface area contributed by atoms with Crippen LogP contribution in [0.2, 0.25) is 0 Å². The van der Waals surface area contributed by atoms with Crippen molar-refractivity contribution in [1.82, 2.24) is 10.2 Å². The first-order valence-corrected chi connectivity index (χ1v) is 7.26. The molecule has 0 aliphatic carbocycles. The van der Waals surface area contributed by atoms with Crippen molar-refractivity contribution in [3.8, 4) is 11.5 Å². The van der Waals surface area contributed by atoms with Crippen molar-refractivity contribution < 1.29 is 9.47 Å². The third-order valence-electron chi connectivity index (χ3n) is 4.27. The van der Waals surface area contributed by atoms with Crippen LogP contribution in [-0.2, 0) is 19.5 Å². The molecule has 20 heavy (non-hydrogen) atoms. The number of hydrogen-bond acceptors (Lipinski definition) is 4. The molecule has 0 bridgehead atoms. The van der Waals surface area contributed by atoms with E-state index in [2.05, 4.69) is 30.3 Å². The Morgan fingerprint density at radius 1 is 1.30 bits per heavy atom. The number of hydrogen-bond donors (Lipinski definition) is 1. The molecule has 0 aromatic heterocycles. The zero-order valence-electron chi connectivity index (χ0n) is 13.2. The van der Waals surface area contributed by atoms with Crippen LogP contribution in [-0.4, -0.2) is 39.3 Å². The zero-order valence-corrected chi connectivity index (χ0v) is 13.2. The summed E-state index contributed by atoms with van der Waals surface area (Å²) in [7, 11) is 7.65. The Morgan fingerprint density at radius 2 is 2.05 bits per heavy atom. The Kier molecular flexibility index (Phi) is 4.89. The highest BCUT2D eigenvalue weighted by Crippen LogP contribution is 2.39. The lowest BCUT2D eigenvalue weighted by atomic mass is 9.89. The average molecular weight is 278 g/mol. The first kappa shape index (κ1) is 15.1. The standard InChI is InChI=1S/C16H26N2O2/c1-6-12-8-13-14(10-18(12)3)15(19-4)7-11(9-17-2)16(13)20-5/h7,12,17H,6,8-10H2,1-5H3. The summed E-state index contributed by atoms with van der Waals surface area (Å²) in [5, 5.41) is 3.20. The van der Waals surface area contributed by atoms with Crippen LogP contribution < -0.4 is 14.8 Å². The molecule has 0 spiro atoms. The first-order valence-electron chi connectivity index (χ1n) is 7.26. The number of methoxy groups -OCH3 is 2. The molecule has 1 aromatic carbocycles. The maximum atomic E-state index is 5.71. The van der Waals surface area contributed by atoms with Crippen LogP contribution in [0, 0.1) is 0 Å². The molecule has 0 radical (unpaired) electrons. The lowest BCUT2D eigenvalue weighted by molar-refractivity contribution is 0.203. The molecule has 1 atom stereocenters. The van der Waals surface area contributed by atoms with Gasteiger partial charge in [0.05, 0.1) is 14.2 Å². The van der Waals surface area contributed by atoms with Gasteiger partial charge in [-0.1, -0.05) is 6.92 Å². The Balaban J connectivity index is 2.54. The third kappa shape index (κ3) is 2.63. The minimum Gasteiger partial charge on any atom is -0.496 e. The number of benzene rings is 1. The monoisotopic (exact) mass is 278 g/mol. The highest BCUT2D eigenvalue weighted by atomic mass is 16.5. The van der Waals surface area contributed by atoms with Gasteiger partial charge in [0.15, 0.2) is 0 Å². The first-order chi connectivity index (χ1) is 9.65. The summed E-state index contributed by atoms with van der Waals surface area (Å²) >= 11 is 0. The molecule has 1 aliphatic rings. The van der Waals surface area contributed by atoms with Gasteiger partial charge < -0.3 is 14.8 Å². The summed E-state index contributed by atoms with van der Waals surface area (Å²) in [5.41, 5.74) is 3.77. The Hall–Kier alpha value is -1.26. The number of ether oxygens (including phenoxy) is 2. The van der Waals surface area contributed by atoms with E-state index in [0.29, 0.717) is 6.04 Å². The summed E-state index contributed by atoms with van der Waals surface area (Å²) in [6, 6.07) is 2.68. The van der Waals surface area contributed by atoms with Gasteiger partial charge in [-0.25, -0.2) is 0 Å². The maximum Gasteiger partial charge on any atom is 0.127 e. The van der Waals surface area contributed by atoms with E-state index in [0.717, 1.165) is 37.4 Å². The molecular weight excluding hydrogens is 252 g/mol. The van der Waals surface area contributed by atoms with Crippen molar-refractivity contribution in [2.75, 3.05) is 28.3 Å². The van der Waals surface area contributed by atoms with E-state index >= 15 is 0 Å². The van der Waals surface area contributed by atoms with Gasteiger partial charge in [-0.15, -0.1) is 0 Å². The molecule has 4 heteroatoms. The van der Waals surface area contributed by atoms with E-state index in [9.17, 15) is 0 Å². The van der Waals surface area contributed by atoms with Gasteiger partial charge in [-0.2, -0.15) is 0 Å². The molecule has 2 rings (SSSR count). The minimum atomic E-state index is 0.575. The molecule has 4 nitrogen and oxygen atoms in total. The van der Waals surface area contributed by atoms with Crippen molar-refractivity contribution in [3.05, 3.63) is 22.8 Å². The fraction of sp³-hybridized carbons (Fsp3) is 0.625. The number of likely N-dealkylation sites (N-methyl/N-ethyl adjacent to an activating group) is 1. The summed E-state index contributed by atoms with van der Waals surface area (Å²) in [6.07, 6.45) is 2.18. The van der Waals surface area contributed by atoms with Crippen molar-refractivity contribution in [1.29, 1.82) is 0 Å². The minimum absolute atomic E-state index is 0.575. The smallest absolute Gasteiger partial charge is 0.127 e. The molecule has 112 valence electrons. The molecule has 1 unspecified atom stereocenters. The van der Waals surface area contributed by atoms with Crippen molar-refractivity contribution in [2.24, 2.45) is 0 Å². The molecular formula is C16H26N2O2. The number of rotatable bonds is 5. The van der Waals surface area contributed by atoms with Crippen molar-refractivity contribution in [3.63, 3.8) is 0 Å². The molecule has 0 fully saturated rings. The van der Waals surface area contributed by atoms with E-state index in [1.165, 1.54) is 16.7 Å². The predicted octanol–water partition coefficient (Wildman–Crippen LogP) is 2.19. The average Bonchev–Trinajstić information content (AvgIpc) is 2.46. The molecule has 0 amide bonds. The van der Waals surface area contributed by atoms with E-state index < -0.39 is 0 Å². The van der Waals surface area contributed by atoms with Crippen LogP contribution in [0.1, 0.15) is 30.0 Å². The fourth-order valence-electron chi connectivity index (χ4n) is 3.16. The van der Waals surface area contributed by atoms with Crippen LogP contribution in [0.15, 0.2) is 6.07 Å². The zero-order chi connectivity index (χ0) is 14.7. The summed E-state index contributed by atoms with van der Waals surface area (Å²) in [5.74, 6) is 2.01. The quantitative estimate of drug-likeness (QED) is 0.895. The highest BCUT2D eigenvalue weighted by Gasteiger charge is 2.28. The number of nitrogens with zero attached hydrogens (tertiary/aromatic N) is 1. The lowest BCUT2D eigenvalue weighted by Gasteiger charge is -2.35. The second kappa shape index (κ2) is 6.46. The van der Waals surface area contributed by atoms with Crippen LogP contribution in [0.25, 0.3) is 0 Å².